The molecule has 2 unspecified atom stereocenters. The standard InChI is InChI=1S/C11H18F3N3O3/c1-10(8(18)19,11(12,13)14)16-9(20)15-5-7-3-4-17(2)6-7/h7H,3-6H2,1-2H3,(H,18,19)(H2,15,16,20). The van der Waals surface area contributed by atoms with Crippen molar-refractivity contribution in [2.75, 3.05) is 26.7 Å². The van der Waals surface area contributed by atoms with Crippen LogP contribution in [0.3, 0.4) is 0 Å². The van der Waals surface area contributed by atoms with E-state index in [1.165, 1.54) is 5.32 Å². The van der Waals surface area contributed by atoms with Crippen molar-refractivity contribution in [3.05, 3.63) is 0 Å². The number of nitrogens with one attached hydrogen (secondary N) is 2. The first-order valence-electron chi connectivity index (χ1n) is 6.11. The fraction of sp³-hybridized carbons (Fsp3) is 0.818. The third-order valence-corrected chi connectivity index (χ3v) is 3.40. The SMILES string of the molecule is CN1CCC(CNC(=O)NC(C)(C(=O)O)C(F)(F)F)C1. The van der Waals surface area contributed by atoms with Crippen LogP contribution in [0, 0.1) is 5.92 Å². The van der Waals surface area contributed by atoms with E-state index >= 15 is 0 Å². The predicted octanol–water partition coefficient (Wildman–Crippen LogP) is 0.643. The molecule has 3 N–H and O–H groups in total. The Kier molecular flexibility index (Phi) is 4.85. The summed E-state index contributed by atoms with van der Waals surface area (Å²) in [4.78, 5) is 24.2. The topological polar surface area (TPSA) is 81.7 Å². The van der Waals surface area contributed by atoms with Gasteiger partial charge in [0.1, 0.15) is 0 Å². The Hall–Kier alpha value is -1.51. The average molecular weight is 297 g/mol. The maximum absolute atomic E-state index is 12.7. The minimum absolute atomic E-state index is 0.160. The van der Waals surface area contributed by atoms with Crippen molar-refractivity contribution in [1.82, 2.24) is 15.5 Å². The summed E-state index contributed by atoms with van der Waals surface area (Å²) in [7, 11) is 1.91. The summed E-state index contributed by atoms with van der Waals surface area (Å²) < 4.78 is 38.0. The van der Waals surface area contributed by atoms with Crippen LogP contribution in [-0.4, -0.2) is 60.4 Å². The van der Waals surface area contributed by atoms with E-state index in [1.807, 2.05) is 11.9 Å². The molecule has 0 saturated carbocycles. The molecule has 1 heterocycles. The fourth-order valence-corrected chi connectivity index (χ4v) is 1.95. The number of likely N-dealkylation sites (tertiary alicyclic amines) is 1. The number of carboxylic acids is 1. The van der Waals surface area contributed by atoms with Gasteiger partial charge in [0, 0.05) is 13.1 Å². The lowest BCUT2D eigenvalue weighted by Crippen LogP contribution is -2.63. The van der Waals surface area contributed by atoms with Gasteiger partial charge in [0.05, 0.1) is 0 Å². The Labute approximate surface area is 114 Å². The van der Waals surface area contributed by atoms with Crippen LogP contribution in [0.2, 0.25) is 0 Å². The lowest BCUT2D eigenvalue weighted by Gasteiger charge is -2.28. The number of hydrogen-bond donors (Lipinski definition) is 3. The smallest absolute Gasteiger partial charge is 0.422 e. The van der Waals surface area contributed by atoms with Crippen molar-refractivity contribution in [2.45, 2.75) is 25.1 Å². The number of aliphatic carboxylic acids is 1. The van der Waals surface area contributed by atoms with Crippen molar-refractivity contribution < 1.29 is 27.9 Å². The predicted molar refractivity (Wildman–Crippen MR) is 64.2 cm³/mol. The average Bonchev–Trinajstić information content (AvgIpc) is 2.70. The molecule has 9 heteroatoms. The van der Waals surface area contributed by atoms with E-state index < -0.39 is 23.7 Å². The van der Waals surface area contributed by atoms with E-state index in [9.17, 15) is 22.8 Å². The molecule has 6 nitrogen and oxygen atoms in total. The number of rotatable bonds is 4. The highest BCUT2D eigenvalue weighted by atomic mass is 19.4. The summed E-state index contributed by atoms with van der Waals surface area (Å²) in [6, 6.07) is -1.14. The van der Waals surface area contributed by atoms with Crippen molar-refractivity contribution >= 4 is 12.0 Å². The molecule has 2 atom stereocenters. The Morgan fingerprint density at radius 1 is 1.40 bits per heavy atom. The summed E-state index contributed by atoms with van der Waals surface area (Å²) in [6.45, 7) is 2.24. The molecule has 1 saturated heterocycles. The summed E-state index contributed by atoms with van der Waals surface area (Å²) in [5.74, 6) is -1.99. The number of carbonyl (C=O) groups is 2. The number of nitrogens with zero attached hydrogens (tertiary/aromatic N) is 1. The normalized spacial score (nSPS) is 23.1. The molecule has 20 heavy (non-hydrogen) atoms. The number of halogens is 3. The van der Waals surface area contributed by atoms with Crippen LogP contribution in [-0.2, 0) is 4.79 Å². The summed E-state index contributed by atoms with van der Waals surface area (Å²) in [6.07, 6.45) is -4.24. The maximum atomic E-state index is 12.7. The molecule has 0 aromatic heterocycles. The zero-order chi connectivity index (χ0) is 15.6. The summed E-state index contributed by atoms with van der Waals surface area (Å²) >= 11 is 0. The largest absolute Gasteiger partial charge is 0.479 e. The van der Waals surface area contributed by atoms with E-state index in [0.29, 0.717) is 6.92 Å². The molecule has 0 aromatic rings. The van der Waals surface area contributed by atoms with Crippen LogP contribution in [0.4, 0.5) is 18.0 Å². The second-order valence-corrected chi connectivity index (χ2v) is 5.18. The molecule has 0 radical (unpaired) electrons. The van der Waals surface area contributed by atoms with Gasteiger partial charge in [-0.1, -0.05) is 0 Å². The molecule has 0 bridgehead atoms. The molecule has 0 spiro atoms. The van der Waals surface area contributed by atoms with Gasteiger partial charge in [-0.3, -0.25) is 0 Å². The molecular weight excluding hydrogens is 279 g/mol. The van der Waals surface area contributed by atoms with E-state index in [-0.39, 0.29) is 12.5 Å². The second kappa shape index (κ2) is 5.86. The van der Waals surface area contributed by atoms with Crippen LogP contribution in [0.15, 0.2) is 0 Å². The van der Waals surface area contributed by atoms with Crippen LogP contribution < -0.4 is 10.6 Å². The minimum Gasteiger partial charge on any atom is -0.479 e. The number of alkyl halides is 3. The van der Waals surface area contributed by atoms with Gasteiger partial charge in [0.25, 0.3) is 0 Å². The van der Waals surface area contributed by atoms with Crippen LogP contribution in [0.5, 0.6) is 0 Å². The van der Waals surface area contributed by atoms with Gasteiger partial charge in [-0.05, 0) is 32.9 Å². The molecule has 116 valence electrons. The van der Waals surface area contributed by atoms with E-state index in [4.69, 9.17) is 5.11 Å². The highest BCUT2D eigenvalue weighted by Crippen LogP contribution is 2.30. The van der Waals surface area contributed by atoms with Gasteiger partial charge in [-0.2, -0.15) is 13.2 Å². The van der Waals surface area contributed by atoms with Gasteiger partial charge in [0.2, 0.25) is 5.54 Å². The number of carboxylic acid groups (broad SMARTS) is 1. The molecule has 0 aliphatic carbocycles. The van der Waals surface area contributed by atoms with Gasteiger partial charge in [-0.25, -0.2) is 9.59 Å². The van der Waals surface area contributed by atoms with Crippen molar-refractivity contribution in [1.29, 1.82) is 0 Å². The molecule has 1 fully saturated rings. The Bertz CT molecular complexity index is 389. The molecule has 1 aliphatic heterocycles. The van der Waals surface area contributed by atoms with Crippen molar-refractivity contribution in [2.24, 2.45) is 5.92 Å². The minimum atomic E-state index is -5.08. The first-order valence-corrected chi connectivity index (χ1v) is 6.11. The lowest BCUT2D eigenvalue weighted by molar-refractivity contribution is -0.203. The quantitative estimate of drug-likeness (QED) is 0.711. The third-order valence-electron chi connectivity index (χ3n) is 3.40. The number of amides is 2. The van der Waals surface area contributed by atoms with Gasteiger partial charge >= 0.3 is 18.2 Å². The lowest BCUT2D eigenvalue weighted by atomic mass is 10.0. The molecule has 1 aliphatic rings. The van der Waals surface area contributed by atoms with Gasteiger partial charge in [0.15, 0.2) is 0 Å². The van der Waals surface area contributed by atoms with Gasteiger partial charge < -0.3 is 20.6 Å². The van der Waals surface area contributed by atoms with E-state index in [0.717, 1.165) is 19.5 Å². The first-order chi connectivity index (χ1) is 9.06. The van der Waals surface area contributed by atoms with Crippen LogP contribution in [0.1, 0.15) is 13.3 Å². The Morgan fingerprint density at radius 2 is 2.00 bits per heavy atom. The van der Waals surface area contributed by atoms with Crippen molar-refractivity contribution in [3.8, 4) is 0 Å². The highest BCUT2D eigenvalue weighted by Gasteiger charge is 2.58. The maximum Gasteiger partial charge on any atom is 0.422 e. The monoisotopic (exact) mass is 297 g/mol. The Balaban J connectivity index is 2.53. The number of urea groups is 1. The Morgan fingerprint density at radius 3 is 2.40 bits per heavy atom. The van der Waals surface area contributed by atoms with Crippen LogP contribution in [0.25, 0.3) is 0 Å². The molecule has 1 rings (SSSR count). The van der Waals surface area contributed by atoms with Crippen LogP contribution >= 0.6 is 0 Å². The zero-order valence-corrected chi connectivity index (χ0v) is 11.3. The van der Waals surface area contributed by atoms with Crippen molar-refractivity contribution in [3.63, 3.8) is 0 Å². The number of hydrogen-bond acceptors (Lipinski definition) is 3. The summed E-state index contributed by atoms with van der Waals surface area (Å²) in [5, 5.41) is 12.4. The first kappa shape index (κ1) is 16.5. The fourth-order valence-electron chi connectivity index (χ4n) is 1.95. The number of carbonyl (C=O) groups excluding carboxylic acids is 1. The second-order valence-electron chi connectivity index (χ2n) is 5.18. The third kappa shape index (κ3) is 3.75. The van der Waals surface area contributed by atoms with E-state index in [2.05, 4.69) is 5.32 Å². The summed E-state index contributed by atoms with van der Waals surface area (Å²) in [5.41, 5.74) is -3.30. The molecule has 2 amide bonds. The highest BCUT2D eigenvalue weighted by molar-refractivity contribution is 5.86. The zero-order valence-electron chi connectivity index (χ0n) is 11.3. The molecule has 0 aromatic carbocycles. The molecular formula is C11H18F3N3O3. The van der Waals surface area contributed by atoms with Gasteiger partial charge in [-0.15, -0.1) is 0 Å². The van der Waals surface area contributed by atoms with E-state index in [1.54, 1.807) is 0 Å².